The summed E-state index contributed by atoms with van der Waals surface area (Å²) in [5.74, 6) is -0.0115. The Bertz CT molecular complexity index is 923. The molecule has 1 aliphatic heterocycles. The van der Waals surface area contributed by atoms with Crippen molar-refractivity contribution in [3.8, 4) is 5.75 Å². The number of amides is 2. The van der Waals surface area contributed by atoms with Crippen molar-refractivity contribution in [3.05, 3.63) is 59.4 Å². The van der Waals surface area contributed by atoms with Crippen molar-refractivity contribution in [2.75, 3.05) is 5.32 Å². The molecule has 6 nitrogen and oxygen atoms in total. The zero-order chi connectivity index (χ0) is 21.2. The second-order valence-corrected chi connectivity index (χ2v) is 8.05. The van der Waals surface area contributed by atoms with Gasteiger partial charge in [-0.05, 0) is 63.1 Å². The third-order valence-corrected chi connectivity index (χ3v) is 4.26. The largest absolute Gasteiger partial charge is 0.479 e. The highest BCUT2D eigenvalue weighted by Gasteiger charge is 2.26. The SMILES string of the molecule is CC1Oc2ccc(CN(Cc3cccc(F)c3)C(=O)OC(C)(C)C)cc2NC1=O. The number of ether oxygens (including phenoxy) is 2. The van der Waals surface area contributed by atoms with Crippen molar-refractivity contribution in [1.82, 2.24) is 4.90 Å². The van der Waals surface area contributed by atoms with E-state index >= 15 is 0 Å². The molecule has 0 fully saturated rings. The minimum Gasteiger partial charge on any atom is -0.479 e. The van der Waals surface area contributed by atoms with Crippen LogP contribution in [0.25, 0.3) is 0 Å². The van der Waals surface area contributed by atoms with E-state index in [0.29, 0.717) is 17.0 Å². The molecule has 29 heavy (non-hydrogen) atoms. The van der Waals surface area contributed by atoms with E-state index in [1.165, 1.54) is 17.0 Å². The first-order chi connectivity index (χ1) is 13.6. The van der Waals surface area contributed by atoms with Gasteiger partial charge in [0.25, 0.3) is 5.91 Å². The topological polar surface area (TPSA) is 67.9 Å². The summed E-state index contributed by atoms with van der Waals surface area (Å²) in [4.78, 5) is 26.1. The molecule has 1 aliphatic rings. The van der Waals surface area contributed by atoms with Gasteiger partial charge < -0.3 is 14.8 Å². The van der Waals surface area contributed by atoms with E-state index < -0.39 is 17.8 Å². The number of hydrogen-bond acceptors (Lipinski definition) is 4. The maximum atomic E-state index is 13.6. The lowest BCUT2D eigenvalue weighted by atomic mass is 10.1. The number of nitrogens with zero attached hydrogens (tertiary/aromatic N) is 1. The molecule has 0 aromatic heterocycles. The van der Waals surface area contributed by atoms with Gasteiger partial charge in [0.05, 0.1) is 5.69 Å². The van der Waals surface area contributed by atoms with Gasteiger partial charge in [-0.3, -0.25) is 9.69 Å². The number of nitrogens with one attached hydrogen (secondary N) is 1. The van der Waals surface area contributed by atoms with Crippen molar-refractivity contribution in [2.45, 2.75) is 52.5 Å². The van der Waals surface area contributed by atoms with Crippen molar-refractivity contribution in [3.63, 3.8) is 0 Å². The summed E-state index contributed by atoms with van der Waals surface area (Å²) in [7, 11) is 0. The van der Waals surface area contributed by atoms with E-state index in [4.69, 9.17) is 9.47 Å². The molecule has 2 aromatic carbocycles. The smallest absolute Gasteiger partial charge is 0.410 e. The minimum atomic E-state index is -0.662. The van der Waals surface area contributed by atoms with Crippen LogP contribution in [0.2, 0.25) is 0 Å². The molecule has 0 saturated heterocycles. The fourth-order valence-electron chi connectivity index (χ4n) is 2.94. The molecule has 2 aromatic rings. The van der Waals surface area contributed by atoms with Gasteiger partial charge in [0, 0.05) is 13.1 Å². The summed E-state index contributed by atoms with van der Waals surface area (Å²) >= 11 is 0. The minimum absolute atomic E-state index is 0.184. The lowest BCUT2D eigenvalue weighted by Gasteiger charge is -2.28. The van der Waals surface area contributed by atoms with E-state index in [1.54, 1.807) is 52.0 Å². The first kappa shape index (κ1) is 20.6. The third kappa shape index (κ3) is 5.47. The lowest BCUT2D eigenvalue weighted by Crippen LogP contribution is -2.36. The average Bonchev–Trinajstić information content (AvgIpc) is 2.61. The molecule has 154 valence electrons. The van der Waals surface area contributed by atoms with Crippen LogP contribution in [-0.2, 0) is 22.6 Å². The Morgan fingerprint density at radius 1 is 1.17 bits per heavy atom. The van der Waals surface area contributed by atoms with Crippen LogP contribution < -0.4 is 10.1 Å². The molecule has 0 bridgehead atoms. The van der Waals surface area contributed by atoms with Crippen molar-refractivity contribution >= 4 is 17.7 Å². The molecule has 1 N–H and O–H groups in total. The van der Waals surface area contributed by atoms with E-state index in [0.717, 1.165) is 5.56 Å². The van der Waals surface area contributed by atoms with Crippen LogP contribution in [0, 0.1) is 5.82 Å². The van der Waals surface area contributed by atoms with Crippen LogP contribution in [0.3, 0.4) is 0 Å². The first-order valence-electron chi connectivity index (χ1n) is 9.43. The molecule has 0 radical (unpaired) electrons. The van der Waals surface area contributed by atoms with Crippen LogP contribution in [-0.4, -0.2) is 28.6 Å². The first-order valence-corrected chi connectivity index (χ1v) is 9.43. The number of rotatable bonds is 4. The average molecular weight is 400 g/mol. The molecule has 1 heterocycles. The number of fused-ring (bicyclic) bond motifs is 1. The van der Waals surface area contributed by atoms with Crippen LogP contribution in [0.15, 0.2) is 42.5 Å². The van der Waals surface area contributed by atoms with Gasteiger partial charge in [0.2, 0.25) is 0 Å². The molecule has 0 spiro atoms. The highest BCUT2D eigenvalue weighted by molar-refractivity contribution is 5.97. The zero-order valence-corrected chi connectivity index (χ0v) is 17.0. The van der Waals surface area contributed by atoms with Crippen molar-refractivity contribution in [1.29, 1.82) is 0 Å². The maximum Gasteiger partial charge on any atom is 0.410 e. The van der Waals surface area contributed by atoms with E-state index in [1.807, 2.05) is 6.07 Å². The zero-order valence-electron chi connectivity index (χ0n) is 17.0. The number of anilines is 1. The van der Waals surface area contributed by atoms with E-state index in [9.17, 15) is 14.0 Å². The lowest BCUT2D eigenvalue weighted by molar-refractivity contribution is -0.122. The fourth-order valence-corrected chi connectivity index (χ4v) is 2.94. The van der Waals surface area contributed by atoms with Gasteiger partial charge in [-0.15, -0.1) is 0 Å². The second-order valence-electron chi connectivity index (χ2n) is 8.05. The Labute approximate surface area is 169 Å². The number of carbonyl (C=O) groups excluding carboxylic acids is 2. The van der Waals surface area contributed by atoms with Crippen molar-refractivity contribution < 1.29 is 23.5 Å². The van der Waals surface area contributed by atoms with Crippen LogP contribution >= 0.6 is 0 Å². The third-order valence-electron chi connectivity index (χ3n) is 4.26. The highest BCUT2D eigenvalue weighted by atomic mass is 19.1. The van der Waals surface area contributed by atoms with E-state index in [-0.39, 0.29) is 24.8 Å². The molecule has 0 saturated carbocycles. The fraction of sp³-hybridized carbons (Fsp3) is 0.364. The number of benzene rings is 2. The quantitative estimate of drug-likeness (QED) is 0.822. The highest BCUT2D eigenvalue weighted by Crippen LogP contribution is 2.31. The molecule has 0 aliphatic carbocycles. The van der Waals surface area contributed by atoms with Crippen molar-refractivity contribution in [2.24, 2.45) is 0 Å². The van der Waals surface area contributed by atoms with Gasteiger partial charge in [-0.25, -0.2) is 9.18 Å². The summed E-state index contributed by atoms with van der Waals surface area (Å²) in [6.07, 6.45) is -1.06. The Kier molecular flexibility index (Phi) is 5.77. The monoisotopic (exact) mass is 400 g/mol. The molecule has 7 heteroatoms. The summed E-state index contributed by atoms with van der Waals surface area (Å²) in [6, 6.07) is 11.5. The maximum absolute atomic E-state index is 13.6. The Hall–Kier alpha value is -3.09. The Morgan fingerprint density at radius 3 is 2.52 bits per heavy atom. The molecule has 1 unspecified atom stereocenters. The van der Waals surface area contributed by atoms with E-state index in [2.05, 4.69) is 5.32 Å². The number of halogens is 1. The summed E-state index contributed by atoms with van der Waals surface area (Å²) in [6.45, 7) is 7.46. The number of hydrogen-bond donors (Lipinski definition) is 1. The molecular formula is C22H25FN2O4. The number of carbonyl (C=O) groups is 2. The second kappa shape index (κ2) is 8.11. The van der Waals surface area contributed by atoms with Gasteiger partial charge in [0.15, 0.2) is 6.10 Å². The standard InChI is InChI=1S/C22H25FN2O4/c1-14-20(26)24-18-11-16(8-9-19(18)28-14)13-25(21(27)29-22(2,3)4)12-15-6-5-7-17(23)10-15/h5-11,14H,12-13H2,1-4H3,(H,24,26). The molecule has 1 atom stereocenters. The van der Waals surface area contributed by atoms with Gasteiger partial charge in [-0.2, -0.15) is 0 Å². The summed E-state index contributed by atoms with van der Waals surface area (Å²) in [5.41, 5.74) is 1.33. The van der Waals surface area contributed by atoms with Gasteiger partial charge in [0.1, 0.15) is 17.2 Å². The molecular weight excluding hydrogens is 375 g/mol. The molecule has 2 amide bonds. The molecule has 3 rings (SSSR count). The predicted octanol–water partition coefficient (Wildman–Crippen LogP) is 4.48. The van der Waals surface area contributed by atoms with Crippen LogP contribution in [0.1, 0.15) is 38.8 Å². The summed E-state index contributed by atoms with van der Waals surface area (Å²) < 4.78 is 24.7. The summed E-state index contributed by atoms with van der Waals surface area (Å²) in [5, 5.41) is 2.80. The predicted molar refractivity (Wildman–Crippen MR) is 107 cm³/mol. The van der Waals surface area contributed by atoms with Gasteiger partial charge in [-0.1, -0.05) is 18.2 Å². The van der Waals surface area contributed by atoms with Gasteiger partial charge >= 0.3 is 6.09 Å². The Balaban J connectivity index is 1.83. The van der Waals surface area contributed by atoms with Crippen LogP contribution in [0.5, 0.6) is 5.75 Å². The Morgan fingerprint density at radius 2 is 1.86 bits per heavy atom. The normalized spacial score (nSPS) is 15.8. The van der Waals surface area contributed by atoms with Crippen LogP contribution in [0.4, 0.5) is 14.9 Å².